The van der Waals surface area contributed by atoms with Crippen LogP contribution in [0.4, 0.5) is 5.82 Å². The lowest BCUT2D eigenvalue weighted by Crippen LogP contribution is -2.43. The number of piperidine rings is 1. The Kier molecular flexibility index (Phi) is 4.88. The average Bonchev–Trinajstić information content (AvgIpc) is 3.48. The van der Waals surface area contributed by atoms with Gasteiger partial charge in [-0.25, -0.2) is 15.0 Å². The molecular weight excluding hydrogens is 360 g/mol. The highest BCUT2D eigenvalue weighted by Gasteiger charge is 2.24. The van der Waals surface area contributed by atoms with Crippen molar-refractivity contribution in [3.8, 4) is 0 Å². The predicted molar refractivity (Wildman–Crippen MR) is 101 cm³/mol. The van der Waals surface area contributed by atoms with Gasteiger partial charge in [-0.15, -0.1) is 0 Å². The van der Waals surface area contributed by atoms with Crippen LogP contribution in [0.1, 0.15) is 43.5 Å². The van der Waals surface area contributed by atoms with Gasteiger partial charge in [-0.3, -0.25) is 0 Å². The van der Waals surface area contributed by atoms with Crippen LogP contribution < -0.4 is 10.2 Å². The molecule has 0 amide bonds. The van der Waals surface area contributed by atoms with Gasteiger partial charge in [-0.05, 0) is 25.7 Å². The summed E-state index contributed by atoms with van der Waals surface area (Å²) in [6, 6.07) is 0.486. The molecule has 28 heavy (non-hydrogen) atoms. The van der Waals surface area contributed by atoms with E-state index < -0.39 is 0 Å². The first-order valence-electron chi connectivity index (χ1n) is 9.93. The van der Waals surface area contributed by atoms with Gasteiger partial charge in [-0.2, -0.15) is 4.98 Å². The maximum absolute atomic E-state index is 5.59. The highest BCUT2D eigenvalue weighted by molar-refractivity contribution is 5.82. The number of H-pyrrole nitrogens is 1. The highest BCUT2D eigenvalue weighted by Crippen LogP contribution is 2.27. The maximum Gasteiger partial charge on any atom is 0.255 e. The summed E-state index contributed by atoms with van der Waals surface area (Å²) in [7, 11) is 0. The first-order chi connectivity index (χ1) is 13.9. The third-order valence-electron chi connectivity index (χ3n) is 5.47. The van der Waals surface area contributed by atoms with Crippen LogP contribution in [0.15, 0.2) is 17.2 Å². The van der Waals surface area contributed by atoms with E-state index in [4.69, 9.17) is 9.26 Å². The molecule has 2 aliphatic heterocycles. The van der Waals surface area contributed by atoms with Crippen LogP contribution >= 0.6 is 0 Å². The third kappa shape index (κ3) is 3.57. The van der Waals surface area contributed by atoms with Crippen molar-refractivity contribution in [2.24, 2.45) is 0 Å². The normalized spacial score (nSPS) is 21.0. The molecule has 2 aliphatic rings. The fourth-order valence-electron chi connectivity index (χ4n) is 3.95. The second-order valence-electron chi connectivity index (χ2n) is 7.31. The van der Waals surface area contributed by atoms with Crippen molar-refractivity contribution in [3.63, 3.8) is 0 Å². The van der Waals surface area contributed by atoms with Crippen LogP contribution in [0.2, 0.25) is 0 Å². The van der Waals surface area contributed by atoms with E-state index in [2.05, 4.69) is 40.3 Å². The minimum atomic E-state index is -0.0123. The minimum absolute atomic E-state index is 0.0123. The monoisotopic (exact) mass is 384 g/mol. The van der Waals surface area contributed by atoms with Gasteiger partial charge in [-0.1, -0.05) is 5.16 Å². The summed E-state index contributed by atoms with van der Waals surface area (Å²) < 4.78 is 10.9. The number of nitrogens with zero attached hydrogens (tertiary/aromatic N) is 6. The quantitative estimate of drug-likeness (QED) is 0.650. The Morgan fingerprint density at radius 2 is 2.11 bits per heavy atom. The molecule has 0 radical (unpaired) electrons. The van der Waals surface area contributed by atoms with E-state index in [1.807, 2.05) is 0 Å². The number of anilines is 1. The molecule has 1 atom stereocenters. The zero-order valence-corrected chi connectivity index (χ0v) is 15.7. The molecule has 5 heterocycles. The van der Waals surface area contributed by atoms with Crippen molar-refractivity contribution in [2.45, 2.75) is 44.2 Å². The first kappa shape index (κ1) is 17.5. The second kappa shape index (κ2) is 7.80. The number of imidazole rings is 1. The number of nitrogens with one attached hydrogen (secondary N) is 2. The average molecular weight is 384 g/mol. The number of aromatic nitrogens is 6. The number of hydrogen-bond acceptors (Lipinski definition) is 9. The van der Waals surface area contributed by atoms with Crippen molar-refractivity contribution < 1.29 is 9.26 Å². The smallest absolute Gasteiger partial charge is 0.255 e. The minimum Gasteiger partial charge on any atom is -0.368 e. The molecule has 1 unspecified atom stereocenters. The molecule has 10 heteroatoms. The van der Waals surface area contributed by atoms with Gasteiger partial charge in [0.1, 0.15) is 17.9 Å². The zero-order valence-electron chi connectivity index (χ0n) is 15.7. The van der Waals surface area contributed by atoms with E-state index in [9.17, 15) is 0 Å². The lowest BCUT2D eigenvalue weighted by Gasteiger charge is -2.33. The largest absolute Gasteiger partial charge is 0.368 e. The standard InChI is InChI=1S/C18H24N8O2/c1-2-13(27-9-1)18-24-14(25-28-18)3-6-19-12-4-7-26(8-5-12)17-15-16(21-10-20-15)22-11-23-17/h10-13,19H,1-9H2,(H,20,21,22,23). The molecule has 2 N–H and O–H groups in total. The Hall–Kier alpha value is -2.59. The summed E-state index contributed by atoms with van der Waals surface area (Å²) >= 11 is 0. The number of hydrogen-bond donors (Lipinski definition) is 2. The molecule has 3 aromatic heterocycles. The molecule has 148 valence electrons. The van der Waals surface area contributed by atoms with Gasteiger partial charge in [0.2, 0.25) is 0 Å². The molecule has 0 spiro atoms. The fraction of sp³-hybridized carbons (Fsp3) is 0.611. The summed E-state index contributed by atoms with van der Waals surface area (Å²) in [6.45, 7) is 3.53. The molecule has 0 saturated carbocycles. The van der Waals surface area contributed by atoms with E-state index in [1.54, 1.807) is 12.7 Å². The highest BCUT2D eigenvalue weighted by atomic mass is 16.5. The van der Waals surface area contributed by atoms with Gasteiger partial charge in [0.05, 0.1) is 6.33 Å². The van der Waals surface area contributed by atoms with Crippen LogP contribution in [0.5, 0.6) is 0 Å². The Morgan fingerprint density at radius 3 is 2.96 bits per heavy atom. The van der Waals surface area contributed by atoms with Crippen LogP contribution in [-0.4, -0.2) is 62.4 Å². The van der Waals surface area contributed by atoms with Crippen LogP contribution in [0, 0.1) is 0 Å². The molecule has 0 aliphatic carbocycles. The van der Waals surface area contributed by atoms with E-state index in [-0.39, 0.29) is 6.10 Å². The van der Waals surface area contributed by atoms with E-state index >= 15 is 0 Å². The molecule has 2 saturated heterocycles. The molecule has 0 aromatic carbocycles. The number of ether oxygens (including phenoxy) is 1. The van der Waals surface area contributed by atoms with Gasteiger partial charge < -0.3 is 24.5 Å². The third-order valence-corrected chi connectivity index (χ3v) is 5.47. The Labute approximate surface area is 162 Å². The van der Waals surface area contributed by atoms with Gasteiger partial charge in [0, 0.05) is 38.7 Å². The molecule has 3 aromatic rings. The first-order valence-corrected chi connectivity index (χ1v) is 9.93. The van der Waals surface area contributed by atoms with Crippen LogP contribution in [-0.2, 0) is 11.2 Å². The maximum atomic E-state index is 5.59. The number of rotatable bonds is 6. The Bertz CT molecular complexity index is 911. The summed E-state index contributed by atoms with van der Waals surface area (Å²) in [4.78, 5) is 22.8. The van der Waals surface area contributed by atoms with E-state index in [0.29, 0.717) is 17.6 Å². The van der Waals surface area contributed by atoms with Crippen molar-refractivity contribution in [3.05, 3.63) is 24.4 Å². The van der Waals surface area contributed by atoms with Gasteiger partial charge in [0.25, 0.3) is 5.89 Å². The number of aromatic amines is 1. The van der Waals surface area contributed by atoms with Crippen molar-refractivity contribution in [1.82, 2.24) is 35.4 Å². The second-order valence-corrected chi connectivity index (χ2v) is 7.31. The Morgan fingerprint density at radius 1 is 1.18 bits per heavy atom. The summed E-state index contributed by atoms with van der Waals surface area (Å²) in [5.41, 5.74) is 1.63. The van der Waals surface area contributed by atoms with E-state index in [0.717, 1.165) is 75.5 Å². The van der Waals surface area contributed by atoms with Crippen LogP contribution in [0.3, 0.4) is 0 Å². The number of fused-ring (bicyclic) bond motifs is 1. The Balaban J connectivity index is 1.10. The topological polar surface area (TPSA) is 118 Å². The fourth-order valence-corrected chi connectivity index (χ4v) is 3.95. The van der Waals surface area contributed by atoms with Crippen molar-refractivity contribution in [1.29, 1.82) is 0 Å². The van der Waals surface area contributed by atoms with E-state index in [1.165, 1.54) is 0 Å². The molecular formula is C18H24N8O2. The summed E-state index contributed by atoms with van der Waals surface area (Å²) in [5.74, 6) is 2.31. The lowest BCUT2D eigenvalue weighted by molar-refractivity contribution is 0.0835. The van der Waals surface area contributed by atoms with Gasteiger partial charge in [0.15, 0.2) is 17.3 Å². The molecule has 5 rings (SSSR count). The lowest BCUT2D eigenvalue weighted by atomic mass is 10.0. The zero-order chi connectivity index (χ0) is 18.8. The molecule has 0 bridgehead atoms. The molecule has 10 nitrogen and oxygen atoms in total. The summed E-state index contributed by atoms with van der Waals surface area (Å²) in [5, 5.41) is 7.70. The SMILES string of the molecule is c1nc(N2CCC(NCCc3noc(C4CCCO4)n3)CC2)c2[nH]cnc2n1. The molecule has 2 fully saturated rings. The predicted octanol–water partition coefficient (Wildman–Crippen LogP) is 1.39. The van der Waals surface area contributed by atoms with Crippen molar-refractivity contribution >= 4 is 17.0 Å². The summed E-state index contributed by atoms with van der Waals surface area (Å²) in [6.07, 6.45) is 8.15. The van der Waals surface area contributed by atoms with Crippen LogP contribution in [0.25, 0.3) is 11.2 Å². The van der Waals surface area contributed by atoms with Crippen molar-refractivity contribution in [2.75, 3.05) is 31.1 Å². The van der Waals surface area contributed by atoms with Gasteiger partial charge >= 0.3 is 0 Å².